The molecule has 0 aliphatic carbocycles. The summed E-state index contributed by atoms with van der Waals surface area (Å²) in [5.41, 5.74) is 6.99. The van der Waals surface area contributed by atoms with Gasteiger partial charge >= 0.3 is 0 Å². The third kappa shape index (κ3) is 3.55. The van der Waals surface area contributed by atoms with Crippen molar-refractivity contribution in [3.8, 4) is 0 Å². The number of ketones is 1. The first kappa shape index (κ1) is 11.5. The summed E-state index contributed by atoms with van der Waals surface area (Å²) in [5, 5.41) is 1.54. The molecule has 1 aromatic rings. The Morgan fingerprint density at radius 2 is 2.33 bits per heavy atom. The first-order valence-corrected chi connectivity index (χ1v) is 4.82. The highest BCUT2D eigenvalue weighted by Gasteiger charge is 2.05. The normalized spacial score (nSPS) is 10.0. The highest BCUT2D eigenvalue weighted by Crippen LogP contribution is 2.18. The van der Waals surface area contributed by atoms with Gasteiger partial charge in [0.1, 0.15) is 5.78 Å². The van der Waals surface area contributed by atoms with Gasteiger partial charge in [-0.1, -0.05) is 0 Å². The molecule has 5 heteroatoms. The van der Waals surface area contributed by atoms with Crippen LogP contribution in [-0.4, -0.2) is 17.3 Å². The average Bonchev–Trinajstić information content (AvgIpc) is 2.17. The molecular weight excluding hydrogens is 192 g/mol. The van der Waals surface area contributed by atoms with Gasteiger partial charge in [-0.2, -0.15) is 0 Å². The minimum absolute atomic E-state index is 0.172. The van der Waals surface area contributed by atoms with Crippen LogP contribution in [0.3, 0.4) is 0 Å². The Morgan fingerprint density at radius 3 is 2.93 bits per heavy atom. The largest absolute Gasteiger partial charge is 0.396 e. The van der Waals surface area contributed by atoms with Crippen molar-refractivity contribution >= 4 is 17.2 Å². The average molecular weight is 208 g/mol. The Kier molecular flexibility index (Phi) is 4.05. The van der Waals surface area contributed by atoms with E-state index in [9.17, 15) is 4.79 Å². The molecule has 0 radical (unpaired) electrons. The number of nitrogens with two attached hydrogens (primary N) is 2. The zero-order valence-corrected chi connectivity index (χ0v) is 8.81. The summed E-state index contributed by atoms with van der Waals surface area (Å²) in [6.07, 6.45) is 4.46. The molecule has 4 N–H and O–H groups in total. The first-order valence-electron chi connectivity index (χ1n) is 4.82. The Bertz CT molecular complexity index is 340. The smallest absolute Gasteiger partial charge is 0.129 e. The third-order valence-electron chi connectivity index (χ3n) is 2.07. The van der Waals surface area contributed by atoms with E-state index in [-0.39, 0.29) is 5.78 Å². The molecule has 82 valence electrons. The van der Waals surface area contributed by atoms with Gasteiger partial charge in [0.2, 0.25) is 0 Å². The van der Waals surface area contributed by atoms with Crippen LogP contribution in [0.4, 0.5) is 11.4 Å². The van der Waals surface area contributed by atoms with Crippen molar-refractivity contribution in [1.29, 1.82) is 0 Å². The van der Waals surface area contributed by atoms with E-state index in [1.165, 1.54) is 0 Å². The maximum Gasteiger partial charge on any atom is 0.129 e. The van der Waals surface area contributed by atoms with Gasteiger partial charge in [0.15, 0.2) is 0 Å². The van der Waals surface area contributed by atoms with Crippen LogP contribution < -0.4 is 16.6 Å². The van der Waals surface area contributed by atoms with Gasteiger partial charge in [-0.05, 0) is 19.4 Å². The lowest BCUT2D eigenvalue weighted by atomic mass is 10.2. The number of hydrogen-bond acceptors (Lipinski definition) is 5. The summed E-state index contributed by atoms with van der Waals surface area (Å²) < 4.78 is 0. The van der Waals surface area contributed by atoms with E-state index in [1.54, 1.807) is 30.4 Å². The van der Waals surface area contributed by atoms with Crippen LogP contribution in [0.25, 0.3) is 0 Å². The van der Waals surface area contributed by atoms with Crippen molar-refractivity contribution in [2.75, 3.05) is 17.3 Å². The van der Waals surface area contributed by atoms with Crippen molar-refractivity contribution < 1.29 is 4.79 Å². The third-order valence-corrected chi connectivity index (χ3v) is 2.07. The molecule has 0 spiro atoms. The Hall–Kier alpha value is -1.62. The molecule has 0 bridgehead atoms. The summed E-state index contributed by atoms with van der Waals surface area (Å²) in [7, 11) is 0. The van der Waals surface area contributed by atoms with E-state index in [2.05, 4.69) is 4.98 Å². The van der Waals surface area contributed by atoms with Crippen molar-refractivity contribution in [3.63, 3.8) is 0 Å². The predicted molar refractivity (Wildman–Crippen MR) is 60.1 cm³/mol. The second-order valence-corrected chi connectivity index (χ2v) is 3.43. The molecule has 0 unspecified atom stereocenters. The lowest BCUT2D eigenvalue weighted by Crippen LogP contribution is -2.32. The monoisotopic (exact) mass is 208 g/mol. The molecule has 1 aromatic heterocycles. The lowest BCUT2D eigenvalue weighted by Gasteiger charge is -2.19. The number of carbonyl (C=O) groups excluding carboxylic acids is 1. The molecule has 1 heterocycles. The van der Waals surface area contributed by atoms with Crippen molar-refractivity contribution in [2.45, 2.75) is 19.8 Å². The zero-order valence-electron chi connectivity index (χ0n) is 8.81. The van der Waals surface area contributed by atoms with Crippen LogP contribution >= 0.6 is 0 Å². The highest BCUT2D eigenvalue weighted by molar-refractivity contribution is 5.75. The minimum Gasteiger partial charge on any atom is -0.396 e. The number of nitrogens with zero attached hydrogens (tertiary/aromatic N) is 2. The first-order chi connectivity index (χ1) is 7.11. The van der Waals surface area contributed by atoms with Crippen LogP contribution in [0, 0.1) is 0 Å². The zero-order chi connectivity index (χ0) is 11.3. The van der Waals surface area contributed by atoms with Crippen LogP contribution in [-0.2, 0) is 4.79 Å². The molecule has 5 nitrogen and oxygen atoms in total. The summed E-state index contributed by atoms with van der Waals surface area (Å²) in [6, 6.07) is 1.75. The van der Waals surface area contributed by atoms with Gasteiger partial charge in [0.05, 0.1) is 17.6 Å². The van der Waals surface area contributed by atoms with Gasteiger partial charge in [0, 0.05) is 19.2 Å². The van der Waals surface area contributed by atoms with Crippen LogP contribution in [0.15, 0.2) is 18.5 Å². The Labute approximate surface area is 89.0 Å². The number of Topliss-reactive ketones (excluding diaryl/α,β-unsaturated/α-hetero) is 1. The van der Waals surface area contributed by atoms with E-state index < -0.39 is 0 Å². The van der Waals surface area contributed by atoms with Gasteiger partial charge in [-0.15, -0.1) is 0 Å². The van der Waals surface area contributed by atoms with Gasteiger partial charge in [0.25, 0.3) is 0 Å². The number of nitrogen functional groups attached to an aromatic ring is 1. The molecule has 0 fully saturated rings. The number of anilines is 2. The molecule has 0 aromatic carbocycles. The van der Waals surface area contributed by atoms with E-state index >= 15 is 0 Å². The van der Waals surface area contributed by atoms with E-state index in [4.69, 9.17) is 11.6 Å². The standard InChI is InChI=1S/C10H16N4O/c1-8(15)3-2-6-14(12)10-4-5-13-7-9(10)11/h4-5,7H,2-3,6,11-12H2,1H3. The lowest BCUT2D eigenvalue weighted by molar-refractivity contribution is -0.117. The maximum absolute atomic E-state index is 10.7. The summed E-state index contributed by atoms with van der Waals surface area (Å²) >= 11 is 0. The Balaban J connectivity index is 2.50. The predicted octanol–water partition coefficient (Wildman–Crippen LogP) is 0.713. The number of rotatable bonds is 5. The molecule has 0 aliphatic heterocycles. The fourth-order valence-electron chi connectivity index (χ4n) is 1.28. The topological polar surface area (TPSA) is 85.2 Å². The molecule has 0 atom stereocenters. The maximum atomic E-state index is 10.7. The SMILES string of the molecule is CC(=O)CCCN(N)c1ccncc1N. The van der Waals surface area contributed by atoms with Crippen LogP contribution in [0.5, 0.6) is 0 Å². The molecule has 0 aliphatic rings. The second kappa shape index (κ2) is 5.31. The van der Waals surface area contributed by atoms with Crippen molar-refractivity contribution in [1.82, 2.24) is 4.98 Å². The molecular formula is C10H16N4O. The number of hydrazine groups is 1. The van der Waals surface area contributed by atoms with E-state index in [0.717, 1.165) is 12.1 Å². The number of hydrogen-bond donors (Lipinski definition) is 2. The molecule has 0 saturated heterocycles. The number of aromatic nitrogens is 1. The fraction of sp³-hybridized carbons (Fsp3) is 0.400. The fourth-order valence-corrected chi connectivity index (χ4v) is 1.28. The van der Waals surface area contributed by atoms with Crippen molar-refractivity contribution in [3.05, 3.63) is 18.5 Å². The van der Waals surface area contributed by atoms with Gasteiger partial charge < -0.3 is 15.5 Å². The summed E-state index contributed by atoms with van der Waals surface area (Å²) in [6.45, 7) is 2.18. The Morgan fingerprint density at radius 1 is 1.60 bits per heavy atom. The van der Waals surface area contributed by atoms with Crippen LogP contribution in [0.1, 0.15) is 19.8 Å². The second-order valence-electron chi connectivity index (χ2n) is 3.43. The minimum atomic E-state index is 0.172. The molecule has 1 rings (SSSR count). The molecule has 0 saturated carbocycles. The number of pyridine rings is 1. The van der Waals surface area contributed by atoms with Crippen LogP contribution in [0.2, 0.25) is 0 Å². The summed E-state index contributed by atoms with van der Waals surface area (Å²) in [5.74, 6) is 5.97. The highest BCUT2D eigenvalue weighted by atomic mass is 16.1. The van der Waals surface area contributed by atoms with E-state index in [0.29, 0.717) is 18.7 Å². The molecule has 0 amide bonds. The van der Waals surface area contributed by atoms with Gasteiger partial charge in [-0.25, -0.2) is 5.84 Å². The summed E-state index contributed by atoms with van der Waals surface area (Å²) in [4.78, 5) is 14.6. The molecule has 15 heavy (non-hydrogen) atoms. The van der Waals surface area contributed by atoms with E-state index in [1.807, 2.05) is 0 Å². The van der Waals surface area contributed by atoms with Crippen molar-refractivity contribution in [2.24, 2.45) is 5.84 Å². The number of carbonyl (C=O) groups is 1. The quantitative estimate of drug-likeness (QED) is 0.550. The van der Waals surface area contributed by atoms with Gasteiger partial charge in [-0.3, -0.25) is 4.98 Å².